The SMILES string of the molecule is c1nnc2n1CCC1NCCCC21. The van der Waals surface area contributed by atoms with E-state index in [0.717, 1.165) is 6.54 Å². The Balaban J connectivity index is 1.97. The van der Waals surface area contributed by atoms with Gasteiger partial charge >= 0.3 is 0 Å². The average Bonchev–Trinajstić information content (AvgIpc) is 2.65. The molecule has 1 fully saturated rings. The molecule has 0 saturated carbocycles. The molecular weight excluding hydrogens is 164 g/mol. The van der Waals surface area contributed by atoms with Crippen molar-refractivity contribution >= 4 is 0 Å². The van der Waals surface area contributed by atoms with Crippen LogP contribution in [0.2, 0.25) is 0 Å². The molecule has 13 heavy (non-hydrogen) atoms. The van der Waals surface area contributed by atoms with E-state index >= 15 is 0 Å². The maximum Gasteiger partial charge on any atom is 0.137 e. The highest BCUT2D eigenvalue weighted by molar-refractivity contribution is 5.07. The molecule has 3 rings (SSSR count). The highest BCUT2D eigenvalue weighted by atomic mass is 15.3. The van der Waals surface area contributed by atoms with Gasteiger partial charge in [-0.15, -0.1) is 10.2 Å². The summed E-state index contributed by atoms with van der Waals surface area (Å²) in [5, 5.41) is 11.8. The Morgan fingerprint density at radius 1 is 1.46 bits per heavy atom. The van der Waals surface area contributed by atoms with Crippen molar-refractivity contribution < 1.29 is 0 Å². The molecule has 4 nitrogen and oxygen atoms in total. The lowest BCUT2D eigenvalue weighted by Gasteiger charge is -2.35. The molecule has 2 atom stereocenters. The Kier molecular flexibility index (Phi) is 1.62. The van der Waals surface area contributed by atoms with Crippen LogP contribution in [0.5, 0.6) is 0 Å². The van der Waals surface area contributed by atoms with Crippen LogP contribution in [0.4, 0.5) is 0 Å². The second kappa shape index (κ2) is 2.80. The van der Waals surface area contributed by atoms with Crippen LogP contribution in [-0.2, 0) is 6.54 Å². The summed E-state index contributed by atoms with van der Waals surface area (Å²) < 4.78 is 2.20. The van der Waals surface area contributed by atoms with Crippen LogP contribution in [0.1, 0.15) is 31.0 Å². The van der Waals surface area contributed by atoms with Crippen LogP contribution in [0.25, 0.3) is 0 Å². The lowest BCUT2D eigenvalue weighted by molar-refractivity contribution is 0.277. The molecule has 70 valence electrons. The van der Waals surface area contributed by atoms with Gasteiger partial charge in [-0.3, -0.25) is 0 Å². The topological polar surface area (TPSA) is 42.7 Å². The highest BCUT2D eigenvalue weighted by Gasteiger charge is 2.32. The minimum atomic E-state index is 0.616. The molecule has 2 aliphatic heterocycles. The van der Waals surface area contributed by atoms with Gasteiger partial charge in [0.1, 0.15) is 12.2 Å². The molecule has 0 spiro atoms. The molecule has 0 amide bonds. The third-order valence-corrected chi connectivity index (χ3v) is 3.24. The molecule has 1 N–H and O–H groups in total. The van der Waals surface area contributed by atoms with Gasteiger partial charge in [0, 0.05) is 18.5 Å². The van der Waals surface area contributed by atoms with Crippen molar-refractivity contribution in [1.82, 2.24) is 20.1 Å². The van der Waals surface area contributed by atoms with E-state index in [2.05, 4.69) is 20.1 Å². The van der Waals surface area contributed by atoms with Crippen LogP contribution in [0.15, 0.2) is 6.33 Å². The van der Waals surface area contributed by atoms with E-state index in [1.165, 1.54) is 31.6 Å². The molecular formula is C9H14N4. The van der Waals surface area contributed by atoms with Crippen molar-refractivity contribution in [1.29, 1.82) is 0 Å². The van der Waals surface area contributed by atoms with Gasteiger partial charge in [0.25, 0.3) is 0 Å². The van der Waals surface area contributed by atoms with Crippen LogP contribution < -0.4 is 5.32 Å². The summed E-state index contributed by atoms with van der Waals surface area (Å²) in [5.74, 6) is 1.81. The van der Waals surface area contributed by atoms with E-state index in [1.807, 2.05) is 6.33 Å². The standard InChI is InChI=1S/C9H14N4/c1-2-7-8(10-4-1)3-5-13-6-11-12-9(7)13/h6-8,10H,1-5H2. The van der Waals surface area contributed by atoms with Crippen molar-refractivity contribution in [3.8, 4) is 0 Å². The largest absolute Gasteiger partial charge is 0.317 e. The highest BCUT2D eigenvalue weighted by Crippen LogP contribution is 2.31. The maximum atomic E-state index is 4.21. The van der Waals surface area contributed by atoms with Crippen LogP contribution >= 0.6 is 0 Å². The summed E-state index contributed by atoms with van der Waals surface area (Å²) >= 11 is 0. The molecule has 4 heteroatoms. The van der Waals surface area contributed by atoms with Crippen molar-refractivity contribution in [3.63, 3.8) is 0 Å². The van der Waals surface area contributed by atoms with Gasteiger partial charge < -0.3 is 9.88 Å². The van der Waals surface area contributed by atoms with Gasteiger partial charge in [0.15, 0.2) is 0 Å². The van der Waals surface area contributed by atoms with Crippen LogP contribution in [-0.4, -0.2) is 27.4 Å². The van der Waals surface area contributed by atoms with Crippen molar-refractivity contribution in [2.75, 3.05) is 6.54 Å². The summed E-state index contributed by atoms with van der Waals surface area (Å²) in [6, 6.07) is 0.658. The first-order chi connectivity index (χ1) is 6.45. The fourth-order valence-electron chi connectivity index (χ4n) is 2.57. The van der Waals surface area contributed by atoms with Gasteiger partial charge in [0.2, 0.25) is 0 Å². The summed E-state index contributed by atoms with van der Waals surface area (Å²) in [5.41, 5.74) is 0. The number of rotatable bonds is 0. The molecule has 2 unspecified atom stereocenters. The zero-order valence-electron chi connectivity index (χ0n) is 7.61. The zero-order valence-corrected chi connectivity index (χ0v) is 7.61. The Bertz CT molecular complexity index is 306. The Morgan fingerprint density at radius 2 is 2.46 bits per heavy atom. The molecule has 1 saturated heterocycles. The monoisotopic (exact) mass is 178 g/mol. The molecule has 0 radical (unpaired) electrons. The Hall–Kier alpha value is -0.900. The third-order valence-electron chi connectivity index (χ3n) is 3.24. The first kappa shape index (κ1) is 7.50. The van der Waals surface area contributed by atoms with Crippen molar-refractivity contribution in [2.45, 2.75) is 37.8 Å². The van der Waals surface area contributed by atoms with Crippen molar-refractivity contribution in [3.05, 3.63) is 12.2 Å². The second-order valence-electron chi connectivity index (χ2n) is 3.98. The van der Waals surface area contributed by atoms with Crippen LogP contribution in [0, 0.1) is 0 Å². The van der Waals surface area contributed by atoms with E-state index in [1.54, 1.807) is 0 Å². The number of hydrogen-bond acceptors (Lipinski definition) is 3. The lowest BCUT2D eigenvalue weighted by Crippen LogP contribution is -2.44. The number of aromatic nitrogens is 3. The first-order valence-electron chi connectivity index (χ1n) is 5.06. The lowest BCUT2D eigenvalue weighted by atomic mass is 9.86. The molecule has 1 aromatic heterocycles. The minimum Gasteiger partial charge on any atom is -0.317 e. The second-order valence-corrected chi connectivity index (χ2v) is 3.98. The van der Waals surface area contributed by atoms with E-state index in [9.17, 15) is 0 Å². The smallest absolute Gasteiger partial charge is 0.137 e. The number of piperidine rings is 1. The normalized spacial score (nSPS) is 32.3. The molecule has 0 aliphatic carbocycles. The van der Waals surface area contributed by atoms with E-state index < -0.39 is 0 Å². The number of nitrogens with one attached hydrogen (secondary N) is 1. The molecule has 3 heterocycles. The average molecular weight is 178 g/mol. The fourth-order valence-corrected chi connectivity index (χ4v) is 2.57. The van der Waals surface area contributed by atoms with E-state index in [-0.39, 0.29) is 0 Å². The molecule has 1 aromatic rings. The van der Waals surface area contributed by atoms with Gasteiger partial charge in [0.05, 0.1) is 0 Å². The summed E-state index contributed by atoms with van der Waals surface area (Å²) in [4.78, 5) is 0. The zero-order chi connectivity index (χ0) is 8.67. The first-order valence-corrected chi connectivity index (χ1v) is 5.06. The quantitative estimate of drug-likeness (QED) is 0.629. The Labute approximate surface area is 77.4 Å². The number of aryl methyl sites for hydroxylation is 1. The molecule has 2 aliphatic rings. The summed E-state index contributed by atoms with van der Waals surface area (Å²) in [6.45, 7) is 2.26. The third kappa shape index (κ3) is 1.09. The molecule has 0 aromatic carbocycles. The number of hydrogen-bond donors (Lipinski definition) is 1. The number of fused-ring (bicyclic) bond motifs is 3. The summed E-state index contributed by atoms with van der Waals surface area (Å²) in [6.07, 6.45) is 5.64. The fraction of sp³-hybridized carbons (Fsp3) is 0.778. The summed E-state index contributed by atoms with van der Waals surface area (Å²) in [7, 11) is 0. The van der Waals surface area contributed by atoms with Gasteiger partial charge in [-0.2, -0.15) is 0 Å². The predicted molar refractivity (Wildman–Crippen MR) is 48.4 cm³/mol. The Morgan fingerprint density at radius 3 is 3.46 bits per heavy atom. The van der Waals surface area contributed by atoms with Gasteiger partial charge in [-0.25, -0.2) is 0 Å². The van der Waals surface area contributed by atoms with Crippen LogP contribution in [0.3, 0.4) is 0 Å². The van der Waals surface area contributed by atoms with Gasteiger partial charge in [-0.1, -0.05) is 0 Å². The molecule has 0 bridgehead atoms. The maximum absolute atomic E-state index is 4.21. The number of nitrogens with zero attached hydrogens (tertiary/aromatic N) is 3. The minimum absolute atomic E-state index is 0.616. The van der Waals surface area contributed by atoms with E-state index in [0.29, 0.717) is 12.0 Å². The van der Waals surface area contributed by atoms with Gasteiger partial charge in [-0.05, 0) is 25.8 Å². The predicted octanol–water partition coefficient (Wildman–Crippen LogP) is 0.517. The van der Waals surface area contributed by atoms with E-state index in [4.69, 9.17) is 0 Å². The van der Waals surface area contributed by atoms with Crippen molar-refractivity contribution in [2.24, 2.45) is 0 Å².